The number of nitrogens with zero attached hydrogens (tertiary/aromatic N) is 4. The summed E-state index contributed by atoms with van der Waals surface area (Å²) in [7, 11) is 0. The Morgan fingerprint density at radius 2 is 1.80 bits per heavy atom. The summed E-state index contributed by atoms with van der Waals surface area (Å²) in [6.07, 6.45) is 4.45. The zero-order valence-electron chi connectivity index (χ0n) is 28.6. The topological polar surface area (TPSA) is 109 Å². The molecular weight excluding hydrogens is 620 g/mol. The fourth-order valence-corrected chi connectivity index (χ4v) is 7.77. The number of piperidine rings is 1. The minimum atomic E-state index is -0.762. The molecule has 3 aromatic carbocycles. The highest BCUT2D eigenvalue weighted by molar-refractivity contribution is 5.97. The van der Waals surface area contributed by atoms with Gasteiger partial charge in [-0.3, -0.25) is 19.4 Å². The van der Waals surface area contributed by atoms with E-state index in [0.29, 0.717) is 37.6 Å². The van der Waals surface area contributed by atoms with Gasteiger partial charge < -0.3 is 23.9 Å². The largest absolute Gasteiger partial charge is 0.493 e. The third-order valence-corrected chi connectivity index (χ3v) is 10.3. The summed E-state index contributed by atoms with van der Waals surface area (Å²) in [5.41, 5.74) is 8.81. The number of benzene rings is 3. The van der Waals surface area contributed by atoms with E-state index in [1.165, 1.54) is 5.56 Å². The van der Waals surface area contributed by atoms with E-state index in [1.54, 1.807) is 0 Å². The maximum absolute atomic E-state index is 13.4. The third kappa shape index (κ3) is 7.08. The number of fused-ring (bicyclic) bond motifs is 2. The number of aliphatic carboxylic acids is 1. The van der Waals surface area contributed by atoms with Gasteiger partial charge in [-0.25, -0.2) is 4.98 Å². The van der Waals surface area contributed by atoms with Crippen molar-refractivity contribution in [2.45, 2.75) is 65.0 Å². The molecule has 0 bridgehead atoms. The Morgan fingerprint density at radius 3 is 2.61 bits per heavy atom. The summed E-state index contributed by atoms with van der Waals surface area (Å²) in [5.74, 6) is 0.694. The predicted molar refractivity (Wildman–Crippen MR) is 189 cm³/mol. The Morgan fingerprint density at radius 1 is 1.00 bits per heavy atom. The van der Waals surface area contributed by atoms with Gasteiger partial charge in [0.1, 0.15) is 11.3 Å². The highest BCUT2D eigenvalue weighted by Crippen LogP contribution is 2.41. The second-order valence-electron chi connectivity index (χ2n) is 13.4. The molecule has 2 fully saturated rings. The van der Waals surface area contributed by atoms with Crippen molar-refractivity contribution in [2.24, 2.45) is 0 Å². The van der Waals surface area contributed by atoms with Gasteiger partial charge >= 0.3 is 5.97 Å². The molecule has 1 aromatic heterocycles. The number of morpholine rings is 1. The molecule has 4 aromatic rings. The first-order valence-corrected chi connectivity index (χ1v) is 17.7. The molecule has 3 aliphatic rings. The number of carboxylic acid groups (broad SMARTS) is 1. The van der Waals surface area contributed by atoms with Crippen LogP contribution in [0.1, 0.15) is 55.7 Å². The Labute approximate surface area is 287 Å². The van der Waals surface area contributed by atoms with Crippen molar-refractivity contribution in [1.29, 1.82) is 0 Å². The number of aromatic nitrogens is 1. The Hall–Kier alpha value is -4.25. The van der Waals surface area contributed by atoms with Gasteiger partial charge in [-0.2, -0.15) is 0 Å². The molecule has 10 nitrogen and oxygen atoms in total. The summed E-state index contributed by atoms with van der Waals surface area (Å²) < 4.78 is 17.9. The number of rotatable bonds is 11. The lowest BCUT2D eigenvalue weighted by atomic mass is 9.92. The number of ether oxygens (including phenoxy) is 2. The van der Waals surface area contributed by atoms with Crippen molar-refractivity contribution in [1.82, 2.24) is 14.8 Å². The second-order valence-corrected chi connectivity index (χ2v) is 13.4. The summed E-state index contributed by atoms with van der Waals surface area (Å²) in [6, 6.07) is 16.5. The normalized spacial score (nSPS) is 18.6. The van der Waals surface area contributed by atoms with Crippen molar-refractivity contribution in [3.63, 3.8) is 0 Å². The lowest BCUT2D eigenvalue weighted by Crippen LogP contribution is -2.40. The predicted octanol–water partition coefficient (Wildman–Crippen LogP) is 6.31. The number of carbonyl (C=O) groups is 2. The van der Waals surface area contributed by atoms with Gasteiger partial charge in [0.25, 0.3) is 0 Å². The number of anilines is 1. The number of hydrogen-bond donors (Lipinski definition) is 1. The van der Waals surface area contributed by atoms with Crippen LogP contribution in [0.2, 0.25) is 0 Å². The van der Waals surface area contributed by atoms with Crippen LogP contribution in [0.5, 0.6) is 5.75 Å². The molecule has 0 spiro atoms. The van der Waals surface area contributed by atoms with Crippen molar-refractivity contribution >= 4 is 28.7 Å². The highest BCUT2D eigenvalue weighted by atomic mass is 16.5. The van der Waals surface area contributed by atoms with Crippen molar-refractivity contribution in [2.75, 3.05) is 57.4 Å². The van der Waals surface area contributed by atoms with E-state index < -0.39 is 5.97 Å². The quantitative estimate of drug-likeness (QED) is 0.197. The van der Waals surface area contributed by atoms with Crippen LogP contribution in [0.3, 0.4) is 0 Å². The number of carbonyl (C=O) groups excluding carboxylic acids is 1. The smallest absolute Gasteiger partial charge is 0.304 e. The van der Waals surface area contributed by atoms with E-state index in [0.717, 1.165) is 110 Å². The van der Waals surface area contributed by atoms with Crippen LogP contribution in [-0.2, 0) is 27.3 Å². The fraction of sp³-hybridized carbons (Fsp3) is 0.462. The van der Waals surface area contributed by atoms with Crippen molar-refractivity contribution in [3.8, 4) is 28.3 Å². The molecule has 4 heterocycles. The zero-order valence-corrected chi connectivity index (χ0v) is 28.6. The van der Waals surface area contributed by atoms with Gasteiger partial charge in [0.2, 0.25) is 11.8 Å². The molecule has 1 atom stereocenters. The average molecular weight is 667 g/mol. The SMILES string of the molecule is CCOc1cc2oc(-c3cccc(-c4cccc5c4CCN5C(=O)CCN4CCOCC4)c3C)nc2cc1CN1CCCCC1CC(=O)O. The van der Waals surface area contributed by atoms with Crippen LogP contribution in [0, 0.1) is 6.92 Å². The van der Waals surface area contributed by atoms with E-state index in [9.17, 15) is 14.7 Å². The third-order valence-electron chi connectivity index (χ3n) is 10.3. The number of likely N-dealkylation sites (tertiary alicyclic amines) is 1. The first kappa shape index (κ1) is 33.3. The van der Waals surface area contributed by atoms with Crippen LogP contribution in [0.25, 0.3) is 33.7 Å². The zero-order chi connectivity index (χ0) is 33.9. The summed E-state index contributed by atoms with van der Waals surface area (Å²) in [6.45, 7) is 10.7. The van der Waals surface area contributed by atoms with Gasteiger partial charge in [0.05, 0.1) is 26.2 Å². The van der Waals surface area contributed by atoms with Crippen LogP contribution in [0.15, 0.2) is 52.9 Å². The molecule has 10 heteroatoms. The molecule has 0 saturated carbocycles. The van der Waals surface area contributed by atoms with E-state index in [-0.39, 0.29) is 18.4 Å². The first-order valence-electron chi connectivity index (χ1n) is 17.7. The van der Waals surface area contributed by atoms with Crippen LogP contribution in [-0.4, -0.2) is 90.4 Å². The number of oxazole rings is 1. The number of carboxylic acids is 1. The summed E-state index contributed by atoms with van der Waals surface area (Å²) in [5, 5.41) is 9.50. The van der Waals surface area contributed by atoms with E-state index in [1.807, 2.05) is 42.2 Å². The summed E-state index contributed by atoms with van der Waals surface area (Å²) >= 11 is 0. The molecule has 258 valence electrons. The Kier molecular flexibility index (Phi) is 9.98. The molecule has 2 saturated heterocycles. The second kappa shape index (κ2) is 14.7. The van der Waals surface area contributed by atoms with E-state index in [2.05, 4.69) is 34.9 Å². The molecule has 49 heavy (non-hydrogen) atoms. The standard InChI is InChI=1S/C39H46N4O6/c1-3-48-35-24-36-33(22-27(35)25-42-15-5-4-8-28(42)23-38(45)46)40-39(49-36)30-10-6-9-29(26(30)2)31-11-7-12-34-32(31)13-17-43(34)37(44)14-16-41-18-20-47-21-19-41/h6-7,9-12,22,24,28H,3-5,8,13-21,23,25H2,1-2H3,(H,45,46). The molecule has 1 amide bonds. The molecule has 0 aliphatic carbocycles. The minimum absolute atomic E-state index is 0.00871. The number of hydrogen-bond acceptors (Lipinski definition) is 8. The fourth-order valence-electron chi connectivity index (χ4n) is 7.77. The number of amides is 1. The average Bonchev–Trinajstić information content (AvgIpc) is 3.73. The maximum atomic E-state index is 13.4. The highest BCUT2D eigenvalue weighted by Gasteiger charge is 2.29. The van der Waals surface area contributed by atoms with Crippen LogP contribution < -0.4 is 9.64 Å². The van der Waals surface area contributed by atoms with Gasteiger partial charge in [-0.15, -0.1) is 0 Å². The molecule has 1 unspecified atom stereocenters. The molecule has 7 rings (SSSR count). The lowest BCUT2D eigenvalue weighted by molar-refractivity contribution is -0.138. The first-order chi connectivity index (χ1) is 23.9. The van der Waals surface area contributed by atoms with E-state index in [4.69, 9.17) is 18.9 Å². The monoisotopic (exact) mass is 666 g/mol. The molecular formula is C39H46N4O6. The van der Waals surface area contributed by atoms with Gasteiger partial charge in [-0.1, -0.05) is 30.7 Å². The van der Waals surface area contributed by atoms with Gasteiger partial charge in [0, 0.05) is 68.1 Å². The van der Waals surface area contributed by atoms with Crippen molar-refractivity contribution < 1.29 is 28.6 Å². The Bertz CT molecular complexity index is 1830. The molecule has 0 radical (unpaired) electrons. The maximum Gasteiger partial charge on any atom is 0.304 e. The molecule has 1 N–H and O–H groups in total. The minimum Gasteiger partial charge on any atom is -0.493 e. The summed E-state index contributed by atoms with van der Waals surface area (Å²) in [4.78, 5) is 36.4. The van der Waals surface area contributed by atoms with Gasteiger partial charge in [-0.05, 0) is 80.1 Å². The Balaban J connectivity index is 1.15. The van der Waals surface area contributed by atoms with Crippen LogP contribution in [0.4, 0.5) is 5.69 Å². The van der Waals surface area contributed by atoms with Crippen molar-refractivity contribution in [3.05, 3.63) is 65.2 Å². The molecule has 3 aliphatic heterocycles. The lowest BCUT2D eigenvalue weighted by Gasteiger charge is -2.35. The van der Waals surface area contributed by atoms with Crippen LogP contribution >= 0.6 is 0 Å². The van der Waals surface area contributed by atoms with Gasteiger partial charge in [0.15, 0.2) is 5.58 Å². The van der Waals surface area contributed by atoms with E-state index >= 15 is 0 Å².